The predicted molar refractivity (Wildman–Crippen MR) is 72.7 cm³/mol. The van der Waals surface area contributed by atoms with E-state index in [0.717, 1.165) is 0 Å². The molecule has 0 aliphatic heterocycles. The van der Waals surface area contributed by atoms with Crippen molar-refractivity contribution in [1.82, 2.24) is 5.32 Å². The van der Waals surface area contributed by atoms with Crippen molar-refractivity contribution in [3.63, 3.8) is 0 Å². The summed E-state index contributed by atoms with van der Waals surface area (Å²) in [7, 11) is 3.09. The molecule has 120 valence electrons. The summed E-state index contributed by atoms with van der Waals surface area (Å²) in [6.07, 6.45) is -0.771. The Hall–Kier alpha value is -0.930. The van der Waals surface area contributed by atoms with E-state index in [-0.39, 0.29) is 12.7 Å². The number of nitrogens with two attached hydrogens (primary N) is 1. The molecule has 0 fully saturated rings. The second-order valence-corrected chi connectivity index (χ2v) is 3.85. The Kier molecular flexibility index (Phi) is 13.8. The van der Waals surface area contributed by atoms with E-state index in [2.05, 4.69) is 5.32 Å². The third-order valence-corrected chi connectivity index (χ3v) is 2.24. The minimum absolute atomic E-state index is 0.143. The quantitative estimate of drug-likeness (QED) is 0.436. The summed E-state index contributed by atoms with van der Waals surface area (Å²) in [5.41, 5.74) is 5.26. The van der Waals surface area contributed by atoms with Crippen molar-refractivity contribution in [3.8, 4) is 0 Å². The van der Waals surface area contributed by atoms with Gasteiger partial charge in [-0.05, 0) is 0 Å². The van der Waals surface area contributed by atoms with Gasteiger partial charge in [0, 0.05) is 27.3 Å². The lowest BCUT2D eigenvalue weighted by atomic mass is 10.4. The number of carbonyl (C=O) groups is 1. The Bertz CT molecular complexity index is 230. The summed E-state index contributed by atoms with van der Waals surface area (Å²) in [6, 6.07) is 0. The van der Waals surface area contributed by atoms with Gasteiger partial charge in [0.15, 0.2) is 0 Å². The van der Waals surface area contributed by atoms with E-state index in [1.807, 2.05) is 0 Å². The fourth-order valence-electron chi connectivity index (χ4n) is 1.22. The first kappa shape index (κ1) is 19.1. The molecule has 0 saturated carbocycles. The number of hydrogen-bond donors (Lipinski definition) is 2. The van der Waals surface area contributed by atoms with Gasteiger partial charge in [0.1, 0.15) is 12.7 Å². The summed E-state index contributed by atoms with van der Waals surface area (Å²) in [5, 5.41) is 2.56. The van der Waals surface area contributed by atoms with Gasteiger partial charge in [-0.15, -0.1) is 0 Å². The standard InChI is InChI=1S/C12H26N2O6/c1-16-9-11(17-2)10-20-12(15)14-4-6-19-8-7-18-5-3-13/h11H,3-10,13H2,1-2H3,(H,14,15)/t11-/m1/s1. The van der Waals surface area contributed by atoms with Crippen LogP contribution < -0.4 is 11.1 Å². The zero-order valence-electron chi connectivity index (χ0n) is 12.3. The first-order chi connectivity index (χ1) is 9.74. The van der Waals surface area contributed by atoms with Crippen LogP contribution in [0.2, 0.25) is 0 Å². The smallest absolute Gasteiger partial charge is 0.407 e. The molecule has 0 aromatic carbocycles. The highest BCUT2D eigenvalue weighted by molar-refractivity contribution is 5.67. The van der Waals surface area contributed by atoms with Crippen molar-refractivity contribution < 1.29 is 28.5 Å². The zero-order chi connectivity index (χ0) is 15.1. The van der Waals surface area contributed by atoms with Crippen molar-refractivity contribution >= 4 is 6.09 Å². The third-order valence-electron chi connectivity index (χ3n) is 2.24. The Morgan fingerprint density at radius 3 is 2.40 bits per heavy atom. The summed E-state index contributed by atoms with van der Waals surface area (Å²) in [5.74, 6) is 0. The second kappa shape index (κ2) is 14.5. The van der Waals surface area contributed by atoms with Crippen molar-refractivity contribution in [2.24, 2.45) is 5.73 Å². The number of alkyl carbamates (subject to hydrolysis) is 1. The normalized spacial score (nSPS) is 12.2. The van der Waals surface area contributed by atoms with Gasteiger partial charge in [-0.1, -0.05) is 0 Å². The first-order valence-corrected chi connectivity index (χ1v) is 6.52. The highest BCUT2D eigenvalue weighted by Gasteiger charge is 2.10. The van der Waals surface area contributed by atoms with Crippen molar-refractivity contribution in [2.45, 2.75) is 6.10 Å². The predicted octanol–water partition coefficient (Wildman–Crippen LogP) is -0.634. The molecule has 1 atom stereocenters. The van der Waals surface area contributed by atoms with E-state index in [4.69, 9.17) is 29.4 Å². The van der Waals surface area contributed by atoms with Gasteiger partial charge in [-0.2, -0.15) is 0 Å². The lowest BCUT2D eigenvalue weighted by molar-refractivity contribution is -0.0116. The highest BCUT2D eigenvalue weighted by Crippen LogP contribution is 1.92. The molecule has 8 heteroatoms. The SMILES string of the molecule is COC[C@H](COC(=O)NCCOCCOCCN)OC. The lowest BCUT2D eigenvalue weighted by Crippen LogP contribution is -2.32. The van der Waals surface area contributed by atoms with Gasteiger partial charge < -0.3 is 34.7 Å². The molecule has 0 aliphatic rings. The van der Waals surface area contributed by atoms with Crippen molar-refractivity contribution in [2.75, 3.05) is 67.0 Å². The number of carbonyl (C=O) groups excluding carboxylic acids is 1. The van der Waals surface area contributed by atoms with Crippen molar-refractivity contribution in [3.05, 3.63) is 0 Å². The largest absolute Gasteiger partial charge is 0.447 e. The van der Waals surface area contributed by atoms with Gasteiger partial charge >= 0.3 is 6.09 Å². The molecule has 0 unspecified atom stereocenters. The lowest BCUT2D eigenvalue weighted by Gasteiger charge is -2.14. The molecule has 0 radical (unpaired) electrons. The van der Waals surface area contributed by atoms with Crippen LogP contribution in [0.5, 0.6) is 0 Å². The third kappa shape index (κ3) is 12.1. The molecule has 0 bridgehead atoms. The van der Waals surface area contributed by atoms with Crippen LogP contribution in [0.15, 0.2) is 0 Å². The van der Waals surface area contributed by atoms with E-state index in [9.17, 15) is 4.79 Å². The van der Waals surface area contributed by atoms with Crippen LogP contribution in [-0.4, -0.2) is 79.1 Å². The molecule has 8 nitrogen and oxygen atoms in total. The molecule has 0 saturated heterocycles. The van der Waals surface area contributed by atoms with Crippen LogP contribution in [0.3, 0.4) is 0 Å². The van der Waals surface area contributed by atoms with Gasteiger partial charge in [0.05, 0.1) is 33.0 Å². The topological polar surface area (TPSA) is 101 Å². The van der Waals surface area contributed by atoms with Gasteiger partial charge in [0.25, 0.3) is 0 Å². The molecule has 3 N–H and O–H groups in total. The molecule has 0 aliphatic carbocycles. The maximum atomic E-state index is 11.3. The number of hydrogen-bond acceptors (Lipinski definition) is 7. The number of rotatable bonds is 13. The minimum atomic E-state index is -0.508. The summed E-state index contributed by atoms with van der Waals surface area (Å²) < 4.78 is 25.3. The Morgan fingerprint density at radius 1 is 1.10 bits per heavy atom. The number of methoxy groups -OCH3 is 2. The van der Waals surface area contributed by atoms with Crippen LogP contribution in [0.1, 0.15) is 0 Å². The molecular formula is C12H26N2O6. The van der Waals surface area contributed by atoms with Crippen LogP contribution in [0.25, 0.3) is 0 Å². The number of ether oxygens (including phenoxy) is 5. The van der Waals surface area contributed by atoms with Crippen LogP contribution in [0, 0.1) is 0 Å². The Morgan fingerprint density at radius 2 is 1.80 bits per heavy atom. The molecule has 0 aromatic heterocycles. The van der Waals surface area contributed by atoms with Crippen LogP contribution in [-0.2, 0) is 23.7 Å². The number of amides is 1. The highest BCUT2D eigenvalue weighted by atomic mass is 16.6. The summed E-state index contributed by atoms with van der Waals surface area (Å²) in [4.78, 5) is 11.3. The molecule has 0 aromatic rings. The minimum Gasteiger partial charge on any atom is -0.447 e. The molecular weight excluding hydrogens is 268 g/mol. The average molecular weight is 294 g/mol. The molecule has 0 heterocycles. The second-order valence-electron chi connectivity index (χ2n) is 3.85. The number of nitrogens with one attached hydrogen (secondary N) is 1. The van der Waals surface area contributed by atoms with Crippen LogP contribution in [0.4, 0.5) is 4.79 Å². The van der Waals surface area contributed by atoms with Crippen molar-refractivity contribution in [1.29, 1.82) is 0 Å². The average Bonchev–Trinajstić information content (AvgIpc) is 2.46. The van der Waals surface area contributed by atoms with E-state index < -0.39 is 6.09 Å². The van der Waals surface area contributed by atoms with Crippen LogP contribution >= 0.6 is 0 Å². The molecule has 0 spiro atoms. The van der Waals surface area contributed by atoms with Gasteiger partial charge in [-0.25, -0.2) is 4.79 Å². The maximum absolute atomic E-state index is 11.3. The van der Waals surface area contributed by atoms with Gasteiger partial charge in [0.2, 0.25) is 0 Å². The Labute approximate surface area is 119 Å². The molecule has 20 heavy (non-hydrogen) atoms. The zero-order valence-corrected chi connectivity index (χ0v) is 12.3. The summed E-state index contributed by atoms with van der Waals surface area (Å²) in [6.45, 7) is 3.27. The fraction of sp³-hybridized carbons (Fsp3) is 0.917. The molecule has 1 amide bonds. The van der Waals surface area contributed by atoms with E-state index in [1.165, 1.54) is 7.11 Å². The van der Waals surface area contributed by atoms with E-state index in [1.54, 1.807) is 7.11 Å². The first-order valence-electron chi connectivity index (χ1n) is 6.52. The summed E-state index contributed by atoms with van der Waals surface area (Å²) >= 11 is 0. The Balaban J connectivity index is 3.36. The monoisotopic (exact) mass is 294 g/mol. The maximum Gasteiger partial charge on any atom is 0.407 e. The fourth-order valence-corrected chi connectivity index (χ4v) is 1.22. The van der Waals surface area contributed by atoms with E-state index in [0.29, 0.717) is 46.1 Å². The van der Waals surface area contributed by atoms with E-state index >= 15 is 0 Å². The van der Waals surface area contributed by atoms with Gasteiger partial charge in [-0.3, -0.25) is 0 Å². The molecule has 0 rings (SSSR count).